The zero-order chi connectivity index (χ0) is 23.2. The van der Waals surface area contributed by atoms with Gasteiger partial charge in [-0.05, 0) is 73.4 Å². The molecule has 6 heteroatoms. The lowest BCUT2D eigenvalue weighted by Crippen LogP contribution is -2.33. The number of ether oxygens (including phenoxy) is 1. The van der Waals surface area contributed by atoms with E-state index in [0.29, 0.717) is 23.0 Å². The number of carbonyl (C=O) groups is 1. The maximum absolute atomic E-state index is 13.0. The molecule has 0 N–H and O–H groups in total. The fourth-order valence-electron chi connectivity index (χ4n) is 5.79. The summed E-state index contributed by atoms with van der Waals surface area (Å²) >= 11 is 0. The lowest BCUT2D eigenvalue weighted by molar-refractivity contribution is -0.139. The van der Waals surface area contributed by atoms with E-state index in [9.17, 15) is 18.0 Å². The summed E-state index contributed by atoms with van der Waals surface area (Å²) < 4.78 is 44.6. The second-order valence-electron chi connectivity index (χ2n) is 9.33. The maximum Gasteiger partial charge on any atom is 0.416 e. The molecule has 0 amide bonds. The minimum Gasteiger partial charge on any atom is -0.455 e. The van der Waals surface area contributed by atoms with Crippen molar-refractivity contribution in [1.82, 2.24) is 4.98 Å². The van der Waals surface area contributed by atoms with E-state index in [1.165, 1.54) is 18.9 Å². The van der Waals surface area contributed by atoms with E-state index in [-0.39, 0.29) is 18.0 Å². The molecule has 2 heterocycles. The number of nitrogens with zero attached hydrogens (tertiary/aromatic N) is 1. The fourth-order valence-corrected chi connectivity index (χ4v) is 5.79. The number of alkyl halides is 3. The summed E-state index contributed by atoms with van der Waals surface area (Å²) in [5.74, 6) is 1.02. The Labute approximate surface area is 191 Å². The summed E-state index contributed by atoms with van der Waals surface area (Å²) in [6.07, 6.45) is 6.72. The molecule has 0 bridgehead atoms. The Bertz CT molecular complexity index is 1120. The van der Waals surface area contributed by atoms with Gasteiger partial charge in [-0.2, -0.15) is 13.2 Å². The number of esters is 1. The minimum atomic E-state index is -4.38. The first-order valence-corrected chi connectivity index (χ1v) is 11.6. The van der Waals surface area contributed by atoms with E-state index in [0.717, 1.165) is 48.2 Å². The summed E-state index contributed by atoms with van der Waals surface area (Å²) in [7, 11) is 0. The molecule has 5 rings (SSSR count). The normalized spacial score (nSPS) is 27.5. The molecule has 1 fully saturated rings. The highest BCUT2D eigenvalue weighted by Crippen LogP contribution is 2.50. The number of hydrogen-bond donors (Lipinski definition) is 0. The largest absolute Gasteiger partial charge is 0.455 e. The number of hydrogen-bond acceptors (Lipinski definition) is 3. The molecule has 1 aliphatic heterocycles. The monoisotopic (exact) mass is 453 g/mol. The summed E-state index contributed by atoms with van der Waals surface area (Å²) in [5.41, 5.74) is 3.18. The van der Waals surface area contributed by atoms with Crippen molar-refractivity contribution in [3.05, 3.63) is 71.1 Å². The molecule has 3 aliphatic rings. The average molecular weight is 454 g/mol. The molecule has 0 saturated heterocycles. The van der Waals surface area contributed by atoms with Gasteiger partial charge in [-0.15, -0.1) is 0 Å². The van der Waals surface area contributed by atoms with Crippen LogP contribution < -0.4 is 0 Å². The van der Waals surface area contributed by atoms with Gasteiger partial charge in [0.2, 0.25) is 0 Å². The number of aromatic nitrogens is 1. The summed E-state index contributed by atoms with van der Waals surface area (Å²) in [6.45, 7) is 1.95. The molecule has 3 nitrogen and oxygen atoms in total. The van der Waals surface area contributed by atoms with E-state index in [1.807, 2.05) is 19.1 Å². The average Bonchev–Trinajstić information content (AvgIpc) is 3.09. The molecule has 4 atom stereocenters. The number of allylic oxidation sites excluding steroid dienone is 1. The Morgan fingerprint density at radius 3 is 2.67 bits per heavy atom. The predicted molar refractivity (Wildman–Crippen MR) is 120 cm³/mol. The Morgan fingerprint density at radius 2 is 1.91 bits per heavy atom. The van der Waals surface area contributed by atoms with Crippen molar-refractivity contribution in [2.45, 2.75) is 51.3 Å². The third-order valence-electron chi connectivity index (χ3n) is 7.36. The van der Waals surface area contributed by atoms with Crippen molar-refractivity contribution in [1.29, 1.82) is 0 Å². The number of cyclic esters (lactones) is 1. The summed E-state index contributed by atoms with van der Waals surface area (Å²) in [4.78, 5) is 16.9. The number of rotatable bonds is 3. The molecule has 0 unspecified atom stereocenters. The molecule has 0 radical (unpaired) electrons. The zero-order valence-electron chi connectivity index (χ0n) is 18.4. The third kappa shape index (κ3) is 4.23. The molecule has 172 valence electrons. The van der Waals surface area contributed by atoms with E-state index in [2.05, 4.69) is 11.1 Å². The number of carbonyl (C=O) groups excluding carboxylic acids is 1. The quantitative estimate of drug-likeness (QED) is 0.477. The number of fused-ring (bicyclic) bond motifs is 1. The molecule has 1 saturated carbocycles. The molecule has 33 heavy (non-hydrogen) atoms. The van der Waals surface area contributed by atoms with Crippen LogP contribution >= 0.6 is 0 Å². The Balaban J connectivity index is 1.40. The van der Waals surface area contributed by atoms with E-state index in [4.69, 9.17) is 4.74 Å². The van der Waals surface area contributed by atoms with E-state index < -0.39 is 11.7 Å². The summed E-state index contributed by atoms with van der Waals surface area (Å²) in [5, 5.41) is 0. The number of pyridine rings is 1. The van der Waals surface area contributed by atoms with Gasteiger partial charge in [0.15, 0.2) is 0 Å². The first kappa shape index (κ1) is 21.9. The maximum atomic E-state index is 13.0. The van der Waals surface area contributed by atoms with Gasteiger partial charge in [-0.25, -0.2) is 4.79 Å². The highest BCUT2D eigenvalue weighted by atomic mass is 19.4. The van der Waals surface area contributed by atoms with Gasteiger partial charge in [0.1, 0.15) is 6.10 Å². The van der Waals surface area contributed by atoms with Gasteiger partial charge in [-0.3, -0.25) is 4.98 Å². The van der Waals surface area contributed by atoms with Gasteiger partial charge in [0, 0.05) is 23.3 Å². The first-order chi connectivity index (χ1) is 15.8. The summed E-state index contributed by atoms with van der Waals surface area (Å²) in [6, 6.07) is 8.89. The third-order valence-corrected chi connectivity index (χ3v) is 7.36. The first-order valence-electron chi connectivity index (χ1n) is 11.6. The number of benzene rings is 1. The van der Waals surface area contributed by atoms with Crippen molar-refractivity contribution in [2.75, 3.05) is 0 Å². The van der Waals surface area contributed by atoms with Crippen LogP contribution in [0.1, 0.15) is 50.3 Å². The van der Waals surface area contributed by atoms with Crippen LogP contribution in [0.4, 0.5) is 13.2 Å². The van der Waals surface area contributed by atoms with Gasteiger partial charge in [0.05, 0.1) is 11.3 Å². The highest BCUT2D eigenvalue weighted by Gasteiger charge is 2.45. The molecule has 2 aromatic rings. The van der Waals surface area contributed by atoms with Gasteiger partial charge < -0.3 is 4.74 Å². The Hall–Kier alpha value is -2.89. The molecule has 2 aliphatic carbocycles. The van der Waals surface area contributed by atoms with Crippen LogP contribution in [0.2, 0.25) is 0 Å². The van der Waals surface area contributed by atoms with Crippen LogP contribution in [0.15, 0.2) is 59.8 Å². The predicted octanol–water partition coefficient (Wildman–Crippen LogP) is 6.85. The topological polar surface area (TPSA) is 39.2 Å². The highest BCUT2D eigenvalue weighted by molar-refractivity contribution is 5.93. The van der Waals surface area contributed by atoms with Crippen molar-refractivity contribution in [3.63, 3.8) is 0 Å². The number of halogens is 3. The second kappa shape index (κ2) is 8.47. The Kier molecular flexibility index (Phi) is 5.63. The molecular formula is C27H26F3NO2. The van der Waals surface area contributed by atoms with Gasteiger partial charge >= 0.3 is 12.1 Å². The SMILES string of the molecule is C[C@H]1OC(=O)C2=C1[C@@H](C=Cc1ccc(-c3cccc(C(F)(F)F)c3)cn1)[C@@H]1CCCC[C@H]1C2. The molecule has 1 aromatic heterocycles. The van der Waals surface area contributed by atoms with Crippen molar-refractivity contribution >= 4 is 12.0 Å². The van der Waals surface area contributed by atoms with Crippen LogP contribution in [0.3, 0.4) is 0 Å². The Morgan fingerprint density at radius 1 is 1.09 bits per heavy atom. The van der Waals surface area contributed by atoms with Crippen molar-refractivity contribution in [3.8, 4) is 11.1 Å². The van der Waals surface area contributed by atoms with Crippen LogP contribution in [-0.2, 0) is 15.7 Å². The van der Waals surface area contributed by atoms with Crippen molar-refractivity contribution in [2.24, 2.45) is 17.8 Å². The van der Waals surface area contributed by atoms with Crippen molar-refractivity contribution < 1.29 is 22.7 Å². The molecule has 0 spiro atoms. The van der Waals surface area contributed by atoms with E-state index >= 15 is 0 Å². The van der Waals surface area contributed by atoms with Crippen LogP contribution in [0.25, 0.3) is 17.2 Å². The smallest absolute Gasteiger partial charge is 0.416 e. The lowest BCUT2D eigenvalue weighted by Gasteiger charge is -2.40. The van der Waals surface area contributed by atoms with Gasteiger partial charge in [-0.1, -0.05) is 37.1 Å². The standard InChI is InChI=1S/C27H26F3NO2/c1-16-25-23(22-8-3-2-5-18(22)14-24(25)26(32)33-16)12-11-21-10-9-19(15-31-21)17-6-4-7-20(13-17)27(28,29)30/h4,6-7,9-13,15-16,18,22-23H,2-3,5,8,14H2,1H3/t16-,18+,22-,23+/m1/s1. The fraction of sp³-hybridized carbons (Fsp3) is 0.407. The zero-order valence-corrected chi connectivity index (χ0v) is 18.4. The minimum absolute atomic E-state index is 0.158. The van der Waals surface area contributed by atoms with Gasteiger partial charge in [0.25, 0.3) is 0 Å². The molecular weight excluding hydrogens is 427 g/mol. The van der Waals surface area contributed by atoms with E-state index in [1.54, 1.807) is 18.3 Å². The lowest BCUT2D eigenvalue weighted by atomic mass is 9.63. The molecule has 1 aromatic carbocycles. The van der Waals surface area contributed by atoms with Crippen LogP contribution in [-0.4, -0.2) is 17.1 Å². The van der Waals surface area contributed by atoms with Crippen LogP contribution in [0.5, 0.6) is 0 Å². The second-order valence-corrected chi connectivity index (χ2v) is 9.33. The van der Waals surface area contributed by atoms with Crippen LogP contribution in [0, 0.1) is 17.8 Å².